The van der Waals surface area contributed by atoms with Crippen LogP contribution in [-0.4, -0.2) is 101 Å². The van der Waals surface area contributed by atoms with Crippen LogP contribution in [0.4, 0.5) is 0 Å². The van der Waals surface area contributed by atoms with Gasteiger partial charge < -0.3 is 33.8 Å². The van der Waals surface area contributed by atoms with E-state index in [9.17, 15) is 18.9 Å². The van der Waals surface area contributed by atoms with Crippen molar-refractivity contribution >= 4 is 81.4 Å². The number of nitrogens with zero attached hydrogens (tertiary/aromatic N) is 2. The fraction of sp³-hybridized carbons (Fsp3) is 0.387. The van der Waals surface area contributed by atoms with E-state index >= 15 is 9.13 Å². The number of halogens is 1. The van der Waals surface area contributed by atoms with E-state index < -0.39 is 21.4 Å². The van der Waals surface area contributed by atoms with Gasteiger partial charge in [-0.3, -0.25) is 24.2 Å². The van der Waals surface area contributed by atoms with Crippen LogP contribution in [0.1, 0.15) is 181 Å². The summed E-state index contributed by atoms with van der Waals surface area (Å²) in [6, 6.07) is 63.2. The Morgan fingerprint density at radius 3 is 0.780 bits per heavy atom. The molecule has 0 aromatic heterocycles. The smallest absolute Gasteiger partial charge is 0.230 e. The molecule has 0 amide bonds. The van der Waals surface area contributed by atoms with Gasteiger partial charge >= 0.3 is 0 Å². The quantitative estimate of drug-likeness (QED) is 0.0298. The van der Waals surface area contributed by atoms with Gasteiger partial charge in [-0.15, -0.1) is 11.6 Å². The van der Waals surface area contributed by atoms with Crippen molar-refractivity contribution in [2.45, 2.75) is 213 Å². The van der Waals surface area contributed by atoms with Crippen molar-refractivity contribution in [2.75, 3.05) is 26.4 Å². The molecule has 0 spiro atoms. The molecule has 4 atom stereocenters. The van der Waals surface area contributed by atoms with Gasteiger partial charge in [0.15, 0.2) is 0 Å². The summed E-state index contributed by atoms with van der Waals surface area (Å²) in [5, 5.41) is 10.1. The van der Waals surface area contributed by atoms with E-state index in [0.717, 1.165) is 80.0 Å². The van der Waals surface area contributed by atoms with Crippen molar-refractivity contribution in [2.24, 2.45) is 0 Å². The Hall–Kier alpha value is -7.27. The number of alkyl halides is 1. The summed E-state index contributed by atoms with van der Waals surface area (Å²) < 4.78 is 57.0. The predicted molar refractivity (Wildman–Crippen MR) is 461 cm³/mol. The Labute approximate surface area is 658 Å². The Balaban J connectivity index is 0.000000319. The normalized spacial score (nSPS) is 13.1. The van der Waals surface area contributed by atoms with Gasteiger partial charge in [0.05, 0.1) is 26.4 Å². The first kappa shape index (κ1) is 88.9. The highest BCUT2D eigenvalue weighted by Crippen LogP contribution is 2.51. The molecule has 582 valence electrons. The average Bonchev–Trinajstić information content (AvgIpc) is 0.760. The van der Waals surface area contributed by atoms with Crippen molar-refractivity contribution in [3.8, 4) is 0 Å². The lowest BCUT2D eigenvalue weighted by atomic mass is 9.93. The maximum atomic E-state index is 15.2. The fourth-order valence-electron chi connectivity index (χ4n) is 15.1. The number of nitrogens with one attached hydrogen (secondary N) is 2. The summed E-state index contributed by atoms with van der Waals surface area (Å²) >= 11 is 6.13. The van der Waals surface area contributed by atoms with Crippen LogP contribution in [0.15, 0.2) is 200 Å². The number of ether oxygens (including phenoxy) is 2. The highest BCUT2D eigenvalue weighted by atomic mass is 35.5. The van der Waals surface area contributed by atoms with E-state index in [2.05, 4.69) is 129 Å². The third-order valence-electron chi connectivity index (χ3n) is 20.6. The molecule has 0 radical (unpaired) electrons. The lowest BCUT2D eigenvalue weighted by molar-refractivity contribution is 0.0109. The van der Waals surface area contributed by atoms with Crippen LogP contribution in [0.2, 0.25) is 0 Å². The minimum Gasteiger partial charge on any atom is -0.378 e. The number of hydrogen-bond donors (Lipinski definition) is 2. The van der Waals surface area contributed by atoms with Gasteiger partial charge in [-0.2, -0.15) is 0 Å². The molecule has 2 N–H and O–H groups in total. The molecule has 0 aliphatic heterocycles. The van der Waals surface area contributed by atoms with Crippen LogP contribution < -0.4 is 42.5 Å². The first-order chi connectivity index (χ1) is 51.7. The standard InChI is InChI=1S/C58H70N2O5P2.C23H22ClO2P.C12H28N2O/c1-39(2)59(35-53-41(5)33-43(7)55(47(53)11)57(61)66(63,49-25-17-13-18-26-49)50-27-19-14-20-28-50)45(9)37-65-38-46(10)60(40(3)4)36-54-42(6)34-44(8)56(48(54)12)58(62)67(64,51-29-21-15-22-30-51)52-31-23-16-24-32-52;1-16-14-17(2)22(18(3)21(16)15-24)23(25)27(26,19-10-6-4-7-11-19)20-12-8-5-9-13-20;1-9(2)13-11(5)7-15-8-12(6)14-10(3)4/h13-34,39-40,45-46H,35-38H2,1-12H3;4-14H,15H2,1-3H3;9-14H,7-8H2,1-6H3. The number of carbonyl (C=O) groups is 3. The number of benzene rings is 9. The summed E-state index contributed by atoms with van der Waals surface area (Å²) in [5.41, 5.74) is 11.9. The molecule has 9 aromatic carbocycles. The molecule has 0 saturated heterocycles. The first-order valence-electron chi connectivity index (χ1n) is 38.5. The molecular weight excluding hydrogens is 1430 g/mol. The van der Waals surface area contributed by atoms with E-state index in [1.807, 2.05) is 164 Å². The summed E-state index contributed by atoms with van der Waals surface area (Å²) in [7, 11) is -10.9. The molecular formula is C93H120ClN4O8P3. The second-order valence-corrected chi connectivity index (χ2v) is 38.8. The monoisotopic (exact) mass is 1550 g/mol. The summed E-state index contributed by atoms with van der Waals surface area (Å²) in [4.78, 5) is 48.3. The molecule has 12 nitrogen and oxygen atoms in total. The lowest BCUT2D eigenvalue weighted by Gasteiger charge is -2.36. The Kier molecular flexibility index (Phi) is 33.3. The molecule has 0 aliphatic rings. The predicted octanol–water partition coefficient (Wildman–Crippen LogP) is 19.0. The maximum absolute atomic E-state index is 15.2. The number of carbonyl (C=O) groups excluding carboxylic acids is 3. The molecule has 0 heterocycles. The summed E-state index contributed by atoms with van der Waals surface area (Å²) in [6.45, 7) is 47.7. The number of aryl methyl sites for hydroxylation is 6. The zero-order chi connectivity index (χ0) is 80.2. The SMILES string of the molecule is CC(C)NC(C)COCC(C)NC(C)C.Cc1cc(C)c(C(=O)P(=O)(c2ccccc2)c2ccccc2)c(C)c1CCl.Cc1cc(C)c(C(=O)P(=O)(c2ccccc2)c2ccccc2)c(C)c1CN(C(C)C)C(C)COCC(C)N(Cc1c(C)cc(C)c(C(=O)P(=O)(c2ccccc2)c2ccccc2)c1C)C(C)C. The highest BCUT2D eigenvalue weighted by molar-refractivity contribution is 7.94. The highest BCUT2D eigenvalue weighted by Gasteiger charge is 2.42. The van der Waals surface area contributed by atoms with Gasteiger partial charge in [0, 0.05) is 116 Å². The number of rotatable bonds is 33. The lowest BCUT2D eigenvalue weighted by Crippen LogP contribution is -2.44. The molecule has 16 heteroatoms. The van der Waals surface area contributed by atoms with Gasteiger partial charge in [-0.05, 0) is 184 Å². The molecule has 0 fully saturated rings. The maximum Gasteiger partial charge on any atom is 0.230 e. The van der Waals surface area contributed by atoms with Crippen molar-refractivity contribution in [3.63, 3.8) is 0 Å². The second kappa shape index (κ2) is 40.8. The zero-order valence-corrected chi connectivity index (χ0v) is 71.9. The Bertz CT molecular complexity index is 4300. The van der Waals surface area contributed by atoms with Gasteiger partial charge in [0.1, 0.15) is 0 Å². The second-order valence-electron chi connectivity index (χ2n) is 30.6. The van der Waals surface area contributed by atoms with E-state index in [0.29, 0.717) is 105 Å². The van der Waals surface area contributed by atoms with Crippen molar-refractivity contribution in [1.82, 2.24) is 20.4 Å². The Morgan fingerprint density at radius 2 is 0.560 bits per heavy atom. The van der Waals surface area contributed by atoms with E-state index in [4.69, 9.17) is 21.1 Å². The fourth-order valence-corrected chi connectivity index (χ4v) is 23.4. The zero-order valence-electron chi connectivity index (χ0n) is 68.5. The van der Waals surface area contributed by atoms with Gasteiger partial charge in [0.2, 0.25) is 38.0 Å². The minimum atomic E-state index is -3.71. The third-order valence-corrected chi connectivity index (χ3v) is 29.4. The van der Waals surface area contributed by atoms with Crippen LogP contribution in [0.5, 0.6) is 0 Å². The van der Waals surface area contributed by atoms with Crippen LogP contribution in [0.3, 0.4) is 0 Å². The molecule has 9 rings (SSSR count). The molecule has 0 saturated carbocycles. The van der Waals surface area contributed by atoms with Crippen LogP contribution in [0, 0.1) is 62.3 Å². The van der Waals surface area contributed by atoms with Crippen LogP contribution in [0.25, 0.3) is 0 Å². The van der Waals surface area contributed by atoms with Crippen LogP contribution in [-0.2, 0) is 42.1 Å². The summed E-state index contributed by atoms with van der Waals surface area (Å²) in [6.07, 6.45) is 0. The average molecular weight is 1550 g/mol. The topological polar surface area (TPSA) is 151 Å². The minimum absolute atomic E-state index is 0.0405. The van der Waals surface area contributed by atoms with Crippen LogP contribution >= 0.6 is 33.0 Å². The third kappa shape index (κ3) is 21.7. The molecule has 0 aliphatic carbocycles. The van der Waals surface area contributed by atoms with E-state index in [-0.39, 0.29) is 40.7 Å². The molecule has 9 aromatic rings. The first-order valence-corrected chi connectivity index (χ1v) is 44.1. The molecule has 4 unspecified atom stereocenters. The summed E-state index contributed by atoms with van der Waals surface area (Å²) in [5.74, 6) is 0.319. The van der Waals surface area contributed by atoms with Gasteiger partial charge in [0.25, 0.3) is 0 Å². The van der Waals surface area contributed by atoms with Gasteiger partial charge in [-0.1, -0.05) is 228 Å². The molecule has 109 heavy (non-hydrogen) atoms. The van der Waals surface area contributed by atoms with E-state index in [1.54, 1.807) is 72.8 Å². The van der Waals surface area contributed by atoms with Crippen molar-refractivity contribution < 1.29 is 37.6 Å². The van der Waals surface area contributed by atoms with Gasteiger partial charge in [-0.25, -0.2) is 0 Å². The van der Waals surface area contributed by atoms with Crippen molar-refractivity contribution in [3.05, 3.63) is 284 Å². The Morgan fingerprint density at radius 1 is 0.339 bits per heavy atom. The molecule has 0 bridgehead atoms. The largest absolute Gasteiger partial charge is 0.378 e. The van der Waals surface area contributed by atoms with E-state index in [1.165, 1.54) is 0 Å². The van der Waals surface area contributed by atoms with Crippen molar-refractivity contribution in [1.29, 1.82) is 0 Å². The number of hydrogen-bond acceptors (Lipinski definition) is 12.